The number of aromatic carboxylic acids is 1. The Labute approximate surface area is 89.7 Å². The number of ether oxygens (including phenoxy) is 1. The molecule has 0 amide bonds. The molecule has 1 aliphatic rings. The lowest BCUT2D eigenvalue weighted by molar-refractivity contribution is 0.0692. The maximum atomic E-state index is 10.7. The van der Waals surface area contributed by atoms with Crippen LogP contribution in [-0.2, 0) is 0 Å². The lowest BCUT2D eigenvalue weighted by atomic mass is 10.2. The second-order valence-electron chi connectivity index (χ2n) is 3.12. The monoisotopic (exact) mass is 208 g/mol. The average molecular weight is 208 g/mol. The van der Waals surface area contributed by atoms with Crippen molar-refractivity contribution in [2.24, 2.45) is 0 Å². The summed E-state index contributed by atoms with van der Waals surface area (Å²) in [7, 11) is 0. The zero-order chi connectivity index (χ0) is 11.3. The van der Waals surface area contributed by atoms with E-state index in [2.05, 4.69) is 0 Å². The summed E-state index contributed by atoms with van der Waals surface area (Å²) in [6.45, 7) is 4.00. The minimum Gasteiger partial charge on any atom is -0.490 e. The van der Waals surface area contributed by atoms with Crippen LogP contribution in [0.15, 0.2) is 24.3 Å². The highest BCUT2D eigenvalue weighted by atomic mass is 16.5. The zero-order valence-corrected chi connectivity index (χ0v) is 9.06. The van der Waals surface area contributed by atoms with Crippen molar-refractivity contribution < 1.29 is 14.6 Å². The molecule has 1 fully saturated rings. The van der Waals surface area contributed by atoms with Gasteiger partial charge in [0.25, 0.3) is 0 Å². The highest BCUT2D eigenvalue weighted by Crippen LogP contribution is 2.28. The van der Waals surface area contributed by atoms with Gasteiger partial charge in [-0.1, -0.05) is 26.0 Å². The van der Waals surface area contributed by atoms with Crippen molar-refractivity contribution in [3.63, 3.8) is 0 Å². The highest BCUT2D eigenvalue weighted by Gasteiger charge is 2.25. The van der Waals surface area contributed by atoms with Gasteiger partial charge in [0.05, 0.1) is 6.10 Å². The fraction of sp³-hybridized carbons (Fsp3) is 0.417. The molecule has 0 saturated heterocycles. The van der Waals surface area contributed by atoms with Crippen molar-refractivity contribution in [3.05, 3.63) is 29.8 Å². The first-order valence-electron chi connectivity index (χ1n) is 5.26. The molecule has 0 aromatic heterocycles. The quantitative estimate of drug-likeness (QED) is 0.830. The molecule has 0 radical (unpaired) electrons. The molecule has 3 nitrogen and oxygen atoms in total. The summed E-state index contributed by atoms with van der Waals surface area (Å²) < 4.78 is 5.44. The fourth-order valence-electron chi connectivity index (χ4n) is 1.11. The van der Waals surface area contributed by atoms with Gasteiger partial charge in [-0.3, -0.25) is 0 Å². The van der Waals surface area contributed by atoms with E-state index in [4.69, 9.17) is 9.84 Å². The molecule has 1 N–H and O–H groups in total. The van der Waals surface area contributed by atoms with Crippen LogP contribution in [0, 0.1) is 0 Å². The smallest absolute Gasteiger partial charge is 0.339 e. The van der Waals surface area contributed by atoms with Crippen LogP contribution >= 0.6 is 0 Å². The second-order valence-corrected chi connectivity index (χ2v) is 3.12. The van der Waals surface area contributed by atoms with E-state index in [-0.39, 0.29) is 11.7 Å². The van der Waals surface area contributed by atoms with Crippen LogP contribution in [0.5, 0.6) is 5.75 Å². The summed E-state index contributed by atoms with van der Waals surface area (Å²) in [5, 5.41) is 8.82. The van der Waals surface area contributed by atoms with Gasteiger partial charge in [0, 0.05) is 0 Å². The second kappa shape index (κ2) is 5.39. The van der Waals surface area contributed by atoms with Crippen LogP contribution in [-0.4, -0.2) is 17.2 Å². The van der Waals surface area contributed by atoms with Crippen LogP contribution in [0.1, 0.15) is 37.0 Å². The SMILES string of the molecule is CC.O=C(O)c1ccccc1OC1CC1. The van der Waals surface area contributed by atoms with E-state index in [0.29, 0.717) is 5.75 Å². The van der Waals surface area contributed by atoms with E-state index in [0.717, 1.165) is 12.8 Å². The maximum Gasteiger partial charge on any atom is 0.339 e. The first kappa shape index (κ1) is 11.6. The molecule has 1 aromatic carbocycles. The molecule has 82 valence electrons. The van der Waals surface area contributed by atoms with E-state index >= 15 is 0 Å². The maximum absolute atomic E-state index is 10.7. The standard InChI is InChI=1S/C10H10O3.C2H6/c11-10(12)8-3-1-2-4-9(8)13-7-5-6-7;1-2/h1-4,7H,5-6H2,(H,11,12);1-2H3. The molecule has 1 aromatic rings. The number of hydrogen-bond donors (Lipinski definition) is 1. The zero-order valence-electron chi connectivity index (χ0n) is 9.06. The van der Waals surface area contributed by atoms with Gasteiger partial charge >= 0.3 is 5.97 Å². The Bertz CT molecular complexity index is 329. The molecular formula is C12H16O3. The average Bonchev–Trinajstić information content (AvgIpc) is 3.05. The Hall–Kier alpha value is -1.51. The molecule has 15 heavy (non-hydrogen) atoms. The molecule has 1 aliphatic carbocycles. The summed E-state index contributed by atoms with van der Waals surface area (Å²) in [6, 6.07) is 6.73. The normalized spacial score (nSPS) is 13.7. The fourth-order valence-corrected chi connectivity index (χ4v) is 1.11. The summed E-state index contributed by atoms with van der Waals surface area (Å²) >= 11 is 0. The molecule has 3 heteroatoms. The Morgan fingerprint density at radius 3 is 2.47 bits per heavy atom. The van der Waals surface area contributed by atoms with Crippen molar-refractivity contribution in [2.45, 2.75) is 32.8 Å². The van der Waals surface area contributed by atoms with Gasteiger partial charge in [-0.2, -0.15) is 0 Å². The van der Waals surface area contributed by atoms with Gasteiger partial charge in [-0.05, 0) is 25.0 Å². The molecule has 0 atom stereocenters. The molecule has 0 heterocycles. The van der Waals surface area contributed by atoms with Crippen molar-refractivity contribution in [1.82, 2.24) is 0 Å². The minimum absolute atomic E-state index is 0.237. The molecule has 0 aliphatic heterocycles. The van der Waals surface area contributed by atoms with Crippen molar-refractivity contribution in [2.75, 3.05) is 0 Å². The first-order valence-corrected chi connectivity index (χ1v) is 5.26. The summed E-state index contributed by atoms with van der Waals surface area (Å²) in [5.41, 5.74) is 0.245. The van der Waals surface area contributed by atoms with Gasteiger partial charge in [0.15, 0.2) is 0 Å². The molecule has 0 bridgehead atoms. The van der Waals surface area contributed by atoms with Crippen molar-refractivity contribution in [3.8, 4) is 5.75 Å². The minimum atomic E-state index is -0.934. The molecule has 1 saturated carbocycles. The topological polar surface area (TPSA) is 46.5 Å². The first-order chi connectivity index (χ1) is 7.27. The number of carbonyl (C=O) groups is 1. The summed E-state index contributed by atoms with van der Waals surface area (Å²) in [5.74, 6) is -0.450. The number of carboxylic acid groups (broad SMARTS) is 1. The summed E-state index contributed by atoms with van der Waals surface area (Å²) in [4.78, 5) is 10.7. The van der Waals surface area contributed by atoms with Crippen LogP contribution in [0.4, 0.5) is 0 Å². The third-order valence-corrected chi connectivity index (χ3v) is 1.94. The van der Waals surface area contributed by atoms with Gasteiger partial charge in [-0.25, -0.2) is 4.79 Å². The Morgan fingerprint density at radius 2 is 1.93 bits per heavy atom. The van der Waals surface area contributed by atoms with Crippen LogP contribution < -0.4 is 4.74 Å². The lowest BCUT2D eigenvalue weighted by Crippen LogP contribution is -2.03. The largest absolute Gasteiger partial charge is 0.490 e. The van der Waals surface area contributed by atoms with Crippen LogP contribution in [0.2, 0.25) is 0 Å². The van der Waals surface area contributed by atoms with Crippen molar-refractivity contribution >= 4 is 5.97 Å². The predicted molar refractivity (Wildman–Crippen MR) is 58.4 cm³/mol. The van der Waals surface area contributed by atoms with E-state index in [1.165, 1.54) is 0 Å². The van der Waals surface area contributed by atoms with Gasteiger partial charge < -0.3 is 9.84 Å². The molecule has 0 spiro atoms. The number of carboxylic acids is 1. The predicted octanol–water partition coefficient (Wildman–Crippen LogP) is 2.95. The van der Waals surface area contributed by atoms with E-state index in [1.54, 1.807) is 24.3 Å². The summed E-state index contributed by atoms with van der Waals surface area (Å²) in [6.07, 6.45) is 2.31. The number of rotatable bonds is 3. The highest BCUT2D eigenvalue weighted by molar-refractivity contribution is 5.90. The van der Waals surface area contributed by atoms with Gasteiger partial charge in [-0.15, -0.1) is 0 Å². The third-order valence-electron chi connectivity index (χ3n) is 1.94. The van der Waals surface area contributed by atoms with E-state index in [9.17, 15) is 4.79 Å². The number of benzene rings is 1. The molecule has 0 unspecified atom stereocenters. The third kappa shape index (κ3) is 3.27. The van der Waals surface area contributed by atoms with Gasteiger partial charge in [0.1, 0.15) is 11.3 Å². The number of hydrogen-bond acceptors (Lipinski definition) is 2. The Kier molecular flexibility index (Phi) is 4.16. The number of para-hydroxylation sites is 1. The molecular weight excluding hydrogens is 192 g/mol. The van der Waals surface area contributed by atoms with E-state index < -0.39 is 5.97 Å². The Morgan fingerprint density at radius 1 is 1.33 bits per heavy atom. The van der Waals surface area contributed by atoms with Gasteiger partial charge in [0.2, 0.25) is 0 Å². The van der Waals surface area contributed by atoms with Crippen LogP contribution in [0.25, 0.3) is 0 Å². The Balaban J connectivity index is 0.000000531. The molecule has 2 rings (SSSR count). The van der Waals surface area contributed by atoms with Crippen LogP contribution in [0.3, 0.4) is 0 Å². The lowest BCUT2D eigenvalue weighted by Gasteiger charge is -2.06. The van der Waals surface area contributed by atoms with E-state index in [1.807, 2.05) is 13.8 Å². The van der Waals surface area contributed by atoms with Crippen molar-refractivity contribution in [1.29, 1.82) is 0 Å².